The highest BCUT2D eigenvalue weighted by atomic mass is 32.2. The van der Waals surface area contributed by atoms with Gasteiger partial charge in [0.05, 0.1) is 25.1 Å². The Morgan fingerprint density at radius 3 is 2.38 bits per heavy atom. The molecule has 0 saturated carbocycles. The number of amides is 2. The van der Waals surface area contributed by atoms with Crippen molar-refractivity contribution in [3.05, 3.63) is 53.8 Å². The van der Waals surface area contributed by atoms with Gasteiger partial charge >= 0.3 is 0 Å². The second kappa shape index (κ2) is 10.8. The summed E-state index contributed by atoms with van der Waals surface area (Å²) in [6.45, 7) is 1.85. The van der Waals surface area contributed by atoms with Crippen molar-refractivity contribution >= 4 is 29.3 Å². The van der Waals surface area contributed by atoms with Crippen LogP contribution in [0.15, 0.2) is 41.3 Å². The van der Waals surface area contributed by atoms with Gasteiger partial charge < -0.3 is 15.0 Å². The standard InChI is InChI=1S/C20H21F3N2O3S/c1-3-10-25(18(27)12-29-14-6-4-13(28-2)5-7-14)11-17(26)24-16-9-8-15(21)19(22)20(16)23/h4-9H,3,10-12H2,1-2H3,(H,24,26). The molecule has 0 aliphatic carbocycles. The number of carbonyl (C=O) groups excluding carboxylic acids is 2. The van der Waals surface area contributed by atoms with Crippen molar-refractivity contribution in [2.45, 2.75) is 18.2 Å². The number of nitrogens with one attached hydrogen (secondary N) is 1. The van der Waals surface area contributed by atoms with Crippen LogP contribution in [-0.4, -0.2) is 42.7 Å². The zero-order valence-corrected chi connectivity index (χ0v) is 16.8. The Bertz CT molecular complexity index is 863. The summed E-state index contributed by atoms with van der Waals surface area (Å²) in [6.07, 6.45) is 0.617. The third-order valence-electron chi connectivity index (χ3n) is 3.91. The minimum absolute atomic E-state index is 0.110. The quantitative estimate of drug-likeness (QED) is 0.485. The van der Waals surface area contributed by atoms with Gasteiger partial charge in [-0.2, -0.15) is 0 Å². The van der Waals surface area contributed by atoms with E-state index in [1.807, 2.05) is 19.1 Å². The van der Waals surface area contributed by atoms with Gasteiger partial charge in [-0.1, -0.05) is 6.92 Å². The van der Waals surface area contributed by atoms with Crippen LogP contribution in [0.3, 0.4) is 0 Å². The molecule has 2 aromatic rings. The molecule has 2 amide bonds. The lowest BCUT2D eigenvalue weighted by molar-refractivity contribution is -0.132. The van der Waals surface area contributed by atoms with E-state index in [4.69, 9.17) is 4.74 Å². The molecule has 0 spiro atoms. The number of thioether (sulfide) groups is 1. The summed E-state index contributed by atoms with van der Waals surface area (Å²) in [7, 11) is 1.56. The fraction of sp³-hybridized carbons (Fsp3) is 0.300. The Morgan fingerprint density at radius 2 is 1.76 bits per heavy atom. The molecule has 0 unspecified atom stereocenters. The van der Waals surface area contributed by atoms with Crippen LogP contribution in [0.4, 0.5) is 18.9 Å². The summed E-state index contributed by atoms with van der Waals surface area (Å²) in [6, 6.07) is 8.84. The number of anilines is 1. The molecule has 0 saturated heterocycles. The van der Waals surface area contributed by atoms with Crippen LogP contribution < -0.4 is 10.1 Å². The molecule has 0 radical (unpaired) electrons. The molecule has 1 N–H and O–H groups in total. The smallest absolute Gasteiger partial charge is 0.244 e. The van der Waals surface area contributed by atoms with Crippen molar-refractivity contribution < 1.29 is 27.5 Å². The molecule has 0 aliphatic rings. The van der Waals surface area contributed by atoms with Crippen LogP contribution in [0.25, 0.3) is 0 Å². The third kappa shape index (κ3) is 6.42. The molecule has 0 aromatic heterocycles. The lowest BCUT2D eigenvalue weighted by atomic mass is 10.2. The van der Waals surface area contributed by atoms with Crippen molar-refractivity contribution in [2.24, 2.45) is 0 Å². The molecule has 9 heteroatoms. The second-order valence-corrected chi connectivity index (χ2v) is 7.10. The van der Waals surface area contributed by atoms with Gasteiger partial charge in [-0.3, -0.25) is 9.59 Å². The van der Waals surface area contributed by atoms with E-state index in [1.54, 1.807) is 19.2 Å². The Hall–Kier alpha value is -2.68. The van der Waals surface area contributed by atoms with Crippen LogP contribution in [-0.2, 0) is 9.59 Å². The number of benzene rings is 2. The lowest BCUT2D eigenvalue weighted by Gasteiger charge is -2.21. The predicted octanol–water partition coefficient (Wildman–Crippen LogP) is 4.08. The fourth-order valence-corrected chi connectivity index (χ4v) is 3.26. The van der Waals surface area contributed by atoms with E-state index in [-0.39, 0.29) is 18.2 Å². The number of hydrogen-bond acceptors (Lipinski definition) is 4. The highest BCUT2D eigenvalue weighted by Crippen LogP contribution is 2.22. The minimum Gasteiger partial charge on any atom is -0.497 e. The van der Waals surface area contributed by atoms with Crippen molar-refractivity contribution in [2.75, 3.05) is 31.3 Å². The molecule has 29 heavy (non-hydrogen) atoms. The first-order valence-corrected chi connectivity index (χ1v) is 9.82. The molecule has 2 rings (SSSR count). The first-order chi connectivity index (χ1) is 13.8. The molecule has 0 fully saturated rings. The van der Waals surface area contributed by atoms with Crippen molar-refractivity contribution in [1.29, 1.82) is 0 Å². The lowest BCUT2D eigenvalue weighted by Crippen LogP contribution is -2.39. The average molecular weight is 426 g/mol. The second-order valence-electron chi connectivity index (χ2n) is 6.05. The maximum absolute atomic E-state index is 13.7. The number of rotatable bonds is 9. The molecule has 0 aliphatic heterocycles. The molecular formula is C20H21F3N2O3S. The monoisotopic (exact) mass is 426 g/mol. The van der Waals surface area contributed by atoms with Crippen LogP contribution >= 0.6 is 11.8 Å². The highest BCUT2D eigenvalue weighted by molar-refractivity contribution is 8.00. The Labute approximate surface area is 171 Å². The molecular weight excluding hydrogens is 405 g/mol. The van der Waals surface area contributed by atoms with Crippen molar-refractivity contribution in [3.63, 3.8) is 0 Å². The van der Waals surface area contributed by atoms with Crippen molar-refractivity contribution in [3.8, 4) is 5.75 Å². The van der Waals surface area contributed by atoms with E-state index >= 15 is 0 Å². The molecule has 5 nitrogen and oxygen atoms in total. The maximum atomic E-state index is 13.7. The van der Waals surface area contributed by atoms with Crippen LogP contribution in [0.1, 0.15) is 13.3 Å². The number of halogens is 3. The minimum atomic E-state index is -1.67. The van der Waals surface area contributed by atoms with Gasteiger partial charge in [0.1, 0.15) is 5.75 Å². The van der Waals surface area contributed by atoms with Gasteiger partial charge in [0.15, 0.2) is 17.5 Å². The summed E-state index contributed by atoms with van der Waals surface area (Å²) in [4.78, 5) is 26.9. The predicted molar refractivity (Wildman–Crippen MR) is 106 cm³/mol. The molecule has 0 atom stereocenters. The van der Waals surface area contributed by atoms with Crippen LogP contribution in [0.5, 0.6) is 5.75 Å². The topological polar surface area (TPSA) is 58.6 Å². The van der Waals surface area contributed by atoms with Gasteiger partial charge in [0.25, 0.3) is 0 Å². The maximum Gasteiger partial charge on any atom is 0.244 e. The molecule has 2 aromatic carbocycles. The van der Waals surface area contributed by atoms with E-state index in [1.165, 1.54) is 16.7 Å². The van der Waals surface area contributed by atoms with Gasteiger partial charge in [-0.05, 0) is 42.8 Å². The first-order valence-electron chi connectivity index (χ1n) is 8.83. The summed E-state index contributed by atoms with van der Waals surface area (Å²) in [5, 5.41) is 2.17. The zero-order valence-electron chi connectivity index (χ0n) is 16.0. The van der Waals surface area contributed by atoms with Crippen LogP contribution in [0, 0.1) is 17.5 Å². The van der Waals surface area contributed by atoms with Gasteiger partial charge in [0.2, 0.25) is 11.8 Å². The summed E-state index contributed by atoms with van der Waals surface area (Å²) >= 11 is 1.31. The van der Waals surface area contributed by atoms with Gasteiger partial charge in [-0.15, -0.1) is 11.8 Å². The first kappa shape index (κ1) is 22.6. The number of carbonyl (C=O) groups is 2. The largest absolute Gasteiger partial charge is 0.497 e. The summed E-state index contributed by atoms with van der Waals surface area (Å²) in [5.74, 6) is -4.66. The third-order valence-corrected chi connectivity index (χ3v) is 4.91. The number of hydrogen-bond donors (Lipinski definition) is 1. The van der Waals surface area contributed by atoms with Crippen LogP contribution in [0.2, 0.25) is 0 Å². The SMILES string of the molecule is CCCN(CC(=O)Nc1ccc(F)c(F)c1F)C(=O)CSc1ccc(OC)cc1. The van der Waals surface area contributed by atoms with E-state index in [9.17, 15) is 22.8 Å². The van der Waals surface area contributed by atoms with Gasteiger partial charge in [-0.25, -0.2) is 13.2 Å². The van der Waals surface area contributed by atoms with E-state index in [2.05, 4.69) is 5.32 Å². The Balaban J connectivity index is 1.96. The summed E-state index contributed by atoms with van der Waals surface area (Å²) in [5.41, 5.74) is -0.481. The fourth-order valence-electron chi connectivity index (χ4n) is 2.46. The van der Waals surface area contributed by atoms with E-state index in [0.717, 1.165) is 11.0 Å². The zero-order chi connectivity index (χ0) is 21.4. The van der Waals surface area contributed by atoms with E-state index < -0.39 is 29.0 Å². The summed E-state index contributed by atoms with van der Waals surface area (Å²) < 4.78 is 45.1. The van der Waals surface area contributed by atoms with Gasteiger partial charge in [0, 0.05) is 11.4 Å². The molecule has 0 heterocycles. The highest BCUT2D eigenvalue weighted by Gasteiger charge is 2.19. The number of ether oxygens (including phenoxy) is 1. The van der Waals surface area contributed by atoms with E-state index in [0.29, 0.717) is 24.8 Å². The normalized spacial score (nSPS) is 10.5. The average Bonchev–Trinajstić information content (AvgIpc) is 2.72. The number of nitrogens with zero attached hydrogens (tertiary/aromatic N) is 1. The number of methoxy groups -OCH3 is 1. The Kier molecular flexibility index (Phi) is 8.38. The Morgan fingerprint density at radius 1 is 1.07 bits per heavy atom. The molecule has 0 bridgehead atoms. The van der Waals surface area contributed by atoms with Crippen molar-refractivity contribution in [1.82, 2.24) is 4.90 Å². The molecule has 156 valence electrons.